The number of thioether (sulfide) groups is 1. The second-order valence-electron chi connectivity index (χ2n) is 4.89. The first-order valence-electron chi connectivity index (χ1n) is 6.87. The van der Waals surface area contributed by atoms with Gasteiger partial charge in [0.25, 0.3) is 5.89 Å². The van der Waals surface area contributed by atoms with Crippen LogP contribution in [0.15, 0.2) is 28.8 Å². The van der Waals surface area contributed by atoms with Gasteiger partial charge in [0, 0.05) is 5.56 Å². The average Bonchev–Trinajstić information content (AvgIpc) is 2.92. The Labute approximate surface area is 124 Å². The first-order chi connectivity index (χ1) is 9.70. The lowest BCUT2D eigenvalue weighted by molar-refractivity contribution is 0.424. The summed E-state index contributed by atoms with van der Waals surface area (Å²) in [7, 11) is 1.95. The molecule has 0 bridgehead atoms. The fourth-order valence-corrected chi connectivity index (χ4v) is 2.47. The molecule has 0 aliphatic carbocycles. The topological polar surface area (TPSA) is 51.0 Å². The van der Waals surface area contributed by atoms with E-state index in [1.54, 1.807) is 0 Å². The maximum absolute atomic E-state index is 5.41. The van der Waals surface area contributed by atoms with E-state index in [0.717, 1.165) is 30.1 Å². The lowest BCUT2D eigenvalue weighted by Crippen LogP contribution is -2.10. The number of benzene rings is 1. The van der Waals surface area contributed by atoms with Gasteiger partial charge in [-0.05, 0) is 36.9 Å². The predicted octanol–water partition coefficient (Wildman–Crippen LogP) is 3.14. The van der Waals surface area contributed by atoms with Gasteiger partial charge >= 0.3 is 0 Å². The second-order valence-corrected chi connectivity index (χ2v) is 6.45. The van der Waals surface area contributed by atoms with Gasteiger partial charge in [0.15, 0.2) is 5.82 Å². The van der Waals surface area contributed by atoms with Crippen LogP contribution in [0.4, 0.5) is 0 Å². The minimum absolute atomic E-state index is 0.569. The lowest BCUT2D eigenvalue weighted by Gasteiger charge is -2.05. The van der Waals surface area contributed by atoms with Crippen LogP contribution in [0, 0.1) is 0 Å². The SMILES string of the molecule is CNCCc1ccccc1-c1nc(CSC(C)C)no1. The first-order valence-corrected chi connectivity index (χ1v) is 7.92. The normalized spacial score (nSPS) is 11.2. The smallest absolute Gasteiger partial charge is 0.258 e. The van der Waals surface area contributed by atoms with Gasteiger partial charge in [0.1, 0.15) is 0 Å². The van der Waals surface area contributed by atoms with Crippen LogP contribution >= 0.6 is 11.8 Å². The van der Waals surface area contributed by atoms with Crippen molar-refractivity contribution in [3.8, 4) is 11.5 Å². The van der Waals surface area contributed by atoms with E-state index in [-0.39, 0.29) is 0 Å². The Hall–Kier alpha value is -1.33. The Bertz CT molecular complexity index is 539. The molecular formula is C15H21N3OS. The van der Waals surface area contributed by atoms with E-state index >= 15 is 0 Å². The molecule has 2 rings (SSSR count). The van der Waals surface area contributed by atoms with E-state index in [0.29, 0.717) is 11.1 Å². The van der Waals surface area contributed by atoms with Crippen molar-refractivity contribution < 1.29 is 4.52 Å². The summed E-state index contributed by atoms with van der Waals surface area (Å²) in [5.74, 6) is 2.18. The molecule has 1 N–H and O–H groups in total. The zero-order valence-electron chi connectivity index (χ0n) is 12.2. The molecule has 0 fully saturated rings. The van der Waals surface area contributed by atoms with E-state index < -0.39 is 0 Å². The zero-order chi connectivity index (χ0) is 14.4. The van der Waals surface area contributed by atoms with E-state index in [4.69, 9.17) is 4.52 Å². The van der Waals surface area contributed by atoms with Crippen LogP contribution in [0.2, 0.25) is 0 Å². The Balaban J connectivity index is 2.15. The summed E-state index contributed by atoms with van der Waals surface area (Å²) in [5, 5.41) is 7.80. The van der Waals surface area contributed by atoms with Crippen LogP contribution in [-0.2, 0) is 12.2 Å². The Morgan fingerprint density at radius 2 is 2.10 bits per heavy atom. The molecular weight excluding hydrogens is 270 g/mol. The standard InChI is InChI=1S/C15H21N3OS/c1-11(2)20-10-14-17-15(19-18-14)13-7-5-4-6-12(13)8-9-16-3/h4-7,11,16H,8-10H2,1-3H3. The molecule has 20 heavy (non-hydrogen) atoms. The van der Waals surface area contributed by atoms with Crippen molar-refractivity contribution in [3.63, 3.8) is 0 Å². The summed E-state index contributed by atoms with van der Waals surface area (Å²) >= 11 is 1.82. The lowest BCUT2D eigenvalue weighted by atomic mass is 10.0. The second kappa shape index (κ2) is 7.45. The molecule has 0 radical (unpaired) electrons. The van der Waals surface area contributed by atoms with Gasteiger partial charge in [0.2, 0.25) is 0 Å². The molecule has 1 heterocycles. The summed E-state index contributed by atoms with van der Waals surface area (Å²) in [6.07, 6.45) is 0.950. The van der Waals surface area contributed by atoms with Crippen LogP contribution in [0.3, 0.4) is 0 Å². The maximum Gasteiger partial charge on any atom is 0.258 e. The zero-order valence-corrected chi connectivity index (χ0v) is 13.0. The highest BCUT2D eigenvalue weighted by atomic mass is 32.2. The van der Waals surface area contributed by atoms with Crippen molar-refractivity contribution in [2.45, 2.75) is 31.3 Å². The van der Waals surface area contributed by atoms with Gasteiger partial charge in [-0.2, -0.15) is 16.7 Å². The first kappa shape index (κ1) is 15.1. The van der Waals surface area contributed by atoms with Gasteiger partial charge in [-0.3, -0.25) is 0 Å². The number of hydrogen-bond acceptors (Lipinski definition) is 5. The van der Waals surface area contributed by atoms with Crippen LogP contribution in [0.5, 0.6) is 0 Å². The fraction of sp³-hybridized carbons (Fsp3) is 0.467. The minimum Gasteiger partial charge on any atom is -0.334 e. The van der Waals surface area contributed by atoms with E-state index in [1.807, 2.05) is 37.0 Å². The van der Waals surface area contributed by atoms with Crippen molar-refractivity contribution in [1.82, 2.24) is 15.5 Å². The average molecular weight is 291 g/mol. The van der Waals surface area contributed by atoms with Crippen molar-refractivity contribution in [3.05, 3.63) is 35.7 Å². The van der Waals surface area contributed by atoms with Gasteiger partial charge in [-0.1, -0.05) is 37.2 Å². The molecule has 0 aliphatic rings. The number of likely N-dealkylation sites (N-methyl/N-ethyl adjacent to an activating group) is 1. The number of hydrogen-bond donors (Lipinski definition) is 1. The highest BCUT2D eigenvalue weighted by Gasteiger charge is 2.12. The molecule has 0 unspecified atom stereocenters. The fourth-order valence-electron chi connectivity index (χ4n) is 1.87. The monoisotopic (exact) mass is 291 g/mol. The largest absolute Gasteiger partial charge is 0.334 e. The molecule has 0 amide bonds. The number of aromatic nitrogens is 2. The molecule has 2 aromatic rings. The summed E-state index contributed by atoms with van der Waals surface area (Å²) in [6.45, 7) is 5.26. The Morgan fingerprint density at radius 1 is 1.30 bits per heavy atom. The number of rotatable bonds is 7. The third-order valence-electron chi connectivity index (χ3n) is 2.91. The molecule has 0 saturated heterocycles. The molecule has 108 valence electrons. The molecule has 0 spiro atoms. The van der Waals surface area contributed by atoms with Gasteiger partial charge in [-0.25, -0.2) is 0 Å². The van der Waals surface area contributed by atoms with Crippen LogP contribution in [0.25, 0.3) is 11.5 Å². The molecule has 0 atom stereocenters. The maximum atomic E-state index is 5.41. The molecule has 0 aliphatic heterocycles. The quantitative estimate of drug-likeness (QED) is 0.849. The van der Waals surface area contributed by atoms with Crippen LogP contribution in [0.1, 0.15) is 25.2 Å². The number of nitrogens with one attached hydrogen (secondary N) is 1. The van der Waals surface area contributed by atoms with Crippen molar-refractivity contribution in [2.24, 2.45) is 0 Å². The van der Waals surface area contributed by atoms with Crippen LogP contribution in [-0.4, -0.2) is 29.0 Å². The van der Waals surface area contributed by atoms with Crippen molar-refractivity contribution >= 4 is 11.8 Å². The van der Waals surface area contributed by atoms with Gasteiger partial charge in [0.05, 0.1) is 5.75 Å². The minimum atomic E-state index is 0.569. The van der Waals surface area contributed by atoms with Crippen molar-refractivity contribution in [2.75, 3.05) is 13.6 Å². The van der Waals surface area contributed by atoms with Gasteiger partial charge < -0.3 is 9.84 Å². The van der Waals surface area contributed by atoms with Crippen molar-refractivity contribution in [1.29, 1.82) is 0 Å². The summed E-state index contributed by atoms with van der Waals surface area (Å²) in [4.78, 5) is 4.50. The molecule has 4 nitrogen and oxygen atoms in total. The molecule has 0 saturated carbocycles. The third kappa shape index (κ3) is 4.08. The summed E-state index contributed by atoms with van der Waals surface area (Å²) in [6, 6.07) is 8.20. The van der Waals surface area contributed by atoms with Crippen LogP contribution < -0.4 is 5.32 Å². The van der Waals surface area contributed by atoms with Gasteiger partial charge in [-0.15, -0.1) is 0 Å². The molecule has 1 aromatic heterocycles. The van der Waals surface area contributed by atoms with E-state index in [9.17, 15) is 0 Å². The molecule has 5 heteroatoms. The number of nitrogens with zero attached hydrogens (tertiary/aromatic N) is 2. The Kier molecular flexibility index (Phi) is 5.61. The predicted molar refractivity (Wildman–Crippen MR) is 83.8 cm³/mol. The van der Waals surface area contributed by atoms with E-state index in [2.05, 4.69) is 35.4 Å². The molecule has 1 aromatic carbocycles. The third-order valence-corrected chi connectivity index (χ3v) is 4.00. The van der Waals surface area contributed by atoms with E-state index in [1.165, 1.54) is 5.56 Å². The highest BCUT2D eigenvalue weighted by Crippen LogP contribution is 2.23. The summed E-state index contributed by atoms with van der Waals surface area (Å²) in [5.41, 5.74) is 2.27. The highest BCUT2D eigenvalue weighted by molar-refractivity contribution is 7.99. The summed E-state index contributed by atoms with van der Waals surface area (Å²) < 4.78 is 5.41. The Morgan fingerprint density at radius 3 is 2.85 bits per heavy atom.